The van der Waals surface area contributed by atoms with Crippen molar-refractivity contribution in [1.29, 1.82) is 0 Å². The summed E-state index contributed by atoms with van der Waals surface area (Å²) < 4.78 is 41.2. The van der Waals surface area contributed by atoms with E-state index in [1.54, 1.807) is 47.2 Å². The molecule has 0 fully saturated rings. The van der Waals surface area contributed by atoms with Crippen LogP contribution < -0.4 is 5.32 Å². The van der Waals surface area contributed by atoms with Crippen molar-refractivity contribution in [3.05, 3.63) is 78.5 Å². The molecule has 1 amide bonds. The molecule has 1 N–H and O–H groups in total. The number of benzene rings is 2. The van der Waals surface area contributed by atoms with E-state index in [0.717, 1.165) is 6.07 Å². The smallest absolute Gasteiger partial charge is 0.324 e. The normalized spacial score (nSPS) is 11.6. The van der Waals surface area contributed by atoms with Crippen molar-refractivity contribution in [2.45, 2.75) is 12.7 Å². The molecule has 0 atom stereocenters. The maximum Gasteiger partial charge on any atom is 0.418 e. The van der Waals surface area contributed by atoms with E-state index in [4.69, 9.17) is 0 Å². The number of anilines is 1. The summed E-state index contributed by atoms with van der Waals surface area (Å²) in [4.78, 5) is 21.5. The van der Waals surface area contributed by atoms with Crippen molar-refractivity contribution in [3.63, 3.8) is 0 Å². The minimum Gasteiger partial charge on any atom is -0.324 e. The van der Waals surface area contributed by atoms with Gasteiger partial charge in [0.25, 0.3) is 0 Å². The molecule has 0 spiro atoms. The molecule has 4 aromatic rings. The molecule has 0 aliphatic heterocycles. The maximum absolute atomic E-state index is 13.2. The van der Waals surface area contributed by atoms with E-state index >= 15 is 0 Å². The van der Waals surface area contributed by atoms with Gasteiger partial charge in [-0.2, -0.15) is 13.2 Å². The monoisotopic (exact) mass is 396 g/mol. The van der Waals surface area contributed by atoms with Gasteiger partial charge in [-0.3, -0.25) is 9.78 Å². The molecular weight excluding hydrogens is 381 g/mol. The molecule has 146 valence electrons. The number of amides is 1. The number of rotatable bonds is 4. The summed E-state index contributed by atoms with van der Waals surface area (Å²) >= 11 is 0. The lowest BCUT2D eigenvalue weighted by Gasteiger charge is -2.14. The van der Waals surface area contributed by atoms with E-state index in [9.17, 15) is 18.0 Å². The van der Waals surface area contributed by atoms with Crippen LogP contribution in [0.5, 0.6) is 0 Å². The van der Waals surface area contributed by atoms with Crippen LogP contribution in [0.1, 0.15) is 5.56 Å². The van der Waals surface area contributed by atoms with Crippen LogP contribution in [0.2, 0.25) is 0 Å². The van der Waals surface area contributed by atoms with Crippen molar-refractivity contribution in [2.24, 2.45) is 0 Å². The number of fused-ring (bicyclic) bond motifs is 1. The second-order valence-corrected chi connectivity index (χ2v) is 6.32. The lowest BCUT2D eigenvalue weighted by atomic mass is 10.1. The van der Waals surface area contributed by atoms with Crippen LogP contribution in [0.25, 0.3) is 22.6 Å². The first-order valence-electron chi connectivity index (χ1n) is 8.76. The van der Waals surface area contributed by atoms with Crippen LogP contribution in [0.15, 0.2) is 72.9 Å². The fourth-order valence-electron chi connectivity index (χ4n) is 3.10. The number of imidazole rings is 1. The molecule has 29 heavy (non-hydrogen) atoms. The number of hydrogen-bond acceptors (Lipinski definition) is 3. The zero-order chi connectivity index (χ0) is 20.4. The molecule has 5 nitrogen and oxygen atoms in total. The quantitative estimate of drug-likeness (QED) is 0.541. The number of nitrogens with zero attached hydrogens (tertiary/aromatic N) is 3. The van der Waals surface area contributed by atoms with Gasteiger partial charge in [0.15, 0.2) is 5.82 Å². The Labute approximate surface area is 163 Å². The fraction of sp³-hybridized carbons (Fsp3) is 0.0952. The Morgan fingerprint density at radius 2 is 1.69 bits per heavy atom. The van der Waals surface area contributed by atoms with Crippen molar-refractivity contribution >= 4 is 22.6 Å². The molecule has 2 aromatic carbocycles. The van der Waals surface area contributed by atoms with Crippen molar-refractivity contribution in [2.75, 3.05) is 5.32 Å². The van der Waals surface area contributed by atoms with Gasteiger partial charge in [-0.25, -0.2) is 4.98 Å². The summed E-state index contributed by atoms with van der Waals surface area (Å²) in [6, 6.07) is 17.4. The SMILES string of the molecule is O=C(Cn1c(-c2ccccn2)nc2ccccc21)Nc1ccccc1C(F)(F)F. The van der Waals surface area contributed by atoms with Gasteiger partial charge < -0.3 is 9.88 Å². The molecule has 8 heteroatoms. The predicted molar refractivity (Wildman–Crippen MR) is 103 cm³/mol. The minimum absolute atomic E-state index is 0.210. The number of para-hydroxylation sites is 3. The topological polar surface area (TPSA) is 59.8 Å². The van der Waals surface area contributed by atoms with Gasteiger partial charge >= 0.3 is 6.18 Å². The molecule has 4 rings (SSSR count). The van der Waals surface area contributed by atoms with Crippen LogP contribution >= 0.6 is 0 Å². The predicted octanol–water partition coefficient (Wildman–Crippen LogP) is 4.76. The third kappa shape index (κ3) is 3.82. The highest BCUT2D eigenvalue weighted by Gasteiger charge is 2.33. The van der Waals surface area contributed by atoms with E-state index in [2.05, 4.69) is 15.3 Å². The molecule has 2 aromatic heterocycles. The second-order valence-electron chi connectivity index (χ2n) is 6.32. The first-order chi connectivity index (χ1) is 13.9. The Morgan fingerprint density at radius 1 is 0.966 bits per heavy atom. The summed E-state index contributed by atoms with van der Waals surface area (Å²) in [7, 11) is 0. The third-order valence-electron chi connectivity index (χ3n) is 4.36. The molecule has 0 aliphatic carbocycles. The second kappa shape index (κ2) is 7.38. The van der Waals surface area contributed by atoms with Crippen LogP contribution in [-0.2, 0) is 17.5 Å². The zero-order valence-electron chi connectivity index (χ0n) is 15.0. The number of nitrogens with one attached hydrogen (secondary N) is 1. The van der Waals surface area contributed by atoms with Gasteiger partial charge in [0, 0.05) is 6.20 Å². The highest BCUT2D eigenvalue weighted by molar-refractivity contribution is 5.93. The molecule has 0 bridgehead atoms. The van der Waals surface area contributed by atoms with Gasteiger partial charge in [0.05, 0.1) is 22.3 Å². The summed E-state index contributed by atoms with van der Waals surface area (Å²) in [6.45, 7) is -0.210. The van der Waals surface area contributed by atoms with Crippen molar-refractivity contribution in [3.8, 4) is 11.5 Å². The lowest BCUT2D eigenvalue weighted by molar-refractivity contribution is -0.137. The standard InChI is InChI=1S/C21H15F3N4O/c22-21(23,24)14-7-1-2-8-15(14)26-19(29)13-28-18-11-4-3-9-16(18)27-20(28)17-10-5-6-12-25-17/h1-12H,13H2,(H,26,29). The molecule has 0 aliphatic rings. The number of alkyl halides is 3. The van der Waals surface area contributed by atoms with E-state index < -0.39 is 17.6 Å². The number of hydrogen-bond donors (Lipinski definition) is 1. The van der Waals surface area contributed by atoms with Gasteiger partial charge in [-0.15, -0.1) is 0 Å². The van der Waals surface area contributed by atoms with Gasteiger partial charge in [0.2, 0.25) is 5.91 Å². The van der Waals surface area contributed by atoms with Gasteiger partial charge in [-0.05, 0) is 36.4 Å². The fourth-order valence-corrected chi connectivity index (χ4v) is 3.10. The van der Waals surface area contributed by atoms with E-state index in [1.807, 2.05) is 6.07 Å². The van der Waals surface area contributed by atoms with Crippen molar-refractivity contribution < 1.29 is 18.0 Å². The van der Waals surface area contributed by atoms with Crippen molar-refractivity contribution in [1.82, 2.24) is 14.5 Å². The summed E-state index contributed by atoms with van der Waals surface area (Å²) in [5, 5.41) is 2.37. The highest BCUT2D eigenvalue weighted by atomic mass is 19.4. The minimum atomic E-state index is -4.56. The number of aromatic nitrogens is 3. The summed E-state index contributed by atoms with van der Waals surface area (Å²) in [5.41, 5.74) is 0.735. The highest BCUT2D eigenvalue weighted by Crippen LogP contribution is 2.34. The summed E-state index contributed by atoms with van der Waals surface area (Å²) in [5.74, 6) is -0.131. The number of halogens is 3. The third-order valence-corrected chi connectivity index (χ3v) is 4.36. The van der Waals surface area contributed by atoms with Crippen LogP contribution in [-0.4, -0.2) is 20.4 Å². The largest absolute Gasteiger partial charge is 0.418 e. The van der Waals surface area contributed by atoms with Gasteiger partial charge in [0.1, 0.15) is 12.2 Å². The lowest BCUT2D eigenvalue weighted by Crippen LogP contribution is -2.21. The Hall–Kier alpha value is -3.68. The summed E-state index contributed by atoms with van der Waals surface area (Å²) in [6.07, 6.45) is -2.95. The van der Waals surface area contributed by atoms with E-state index in [0.29, 0.717) is 22.6 Å². The van der Waals surface area contributed by atoms with Crippen LogP contribution in [0.3, 0.4) is 0 Å². The molecule has 0 saturated carbocycles. The first-order valence-corrected chi connectivity index (χ1v) is 8.76. The average Bonchev–Trinajstić information content (AvgIpc) is 3.07. The molecule has 2 heterocycles. The van der Waals surface area contributed by atoms with Crippen LogP contribution in [0, 0.1) is 0 Å². The molecule has 0 saturated heterocycles. The Bertz CT molecular complexity index is 1170. The Morgan fingerprint density at radius 3 is 2.45 bits per heavy atom. The first kappa shape index (κ1) is 18.7. The van der Waals surface area contributed by atoms with E-state index in [-0.39, 0.29) is 12.2 Å². The van der Waals surface area contributed by atoms with Crippen LogP contribution in [0.4, 0.5) is 18.9 Å². The maximum atomic E-state index is 13.2. The average molecular weight is 396 g/mol. The van der Waals surface area contributed by atoms with E-state index in [1.165, 1.54) is 18.2 Å². The molecule has 0 radical (unpaired) electrons. The zero-order valence-corrected chi connectivity index (χ0v) is 15.0. The number of carbonyl (C=O) groups excluding carboxylic acids is 1. The van der Waals surface area contributed by atoms with Gasteiger partial charge in [-0.1, -0.05) is 30.3 Å². The Kier molecular flexibility index (Phi) is 4.75. The molecular formula is C21H15F3N4O. The number of carbonyl (C=O) groups is 1. The number of pyridine rings is 1. The Balaban J connectivity index is 1.69. The molecule has 0 unspecified atom stereocenters.